The van der Waals surface area contributed by atoms with Gasteiger partial charge < -0.3 is 4.90 Å². The Morgan fingerprint density at radius 2 is 2.05 bits per heavy atom. The van der Waals surface area contributed by atoms with E-state index in [4.69, 9.17) is 0 Å². The van der Waals surface area contributed by atoms with Gasteiger partial charge >= 0.3 is 6.03 Å². The number of thioether (sulfide) groups is 1. The third-order valence-corrected chi connectivity index (χ3v) is 4.41. The molecule has 3 rings (SSSR count). The minimum atomic E-state index is -0.158. The Kier molecular flexibility index (Phi) is 4.85. The second kappa shape index (κ2) is 7.22. The van der Waals surface area contributed by atoms with Crippen LogP contribution in [0.15, 0.2) is 36.5 Å². The van der Waals surface area contributed by atoms with Crippen LogP contribution in [-0.4, -0.2) is 50.7 Å². The summed E-state index contributed by atoms with van der Waals surface area (Å²) in [5.41, 5.74) is 1.64. The van der Waals surface area contributed by atoms with E-state index in [1.807, 2.05) is 42.1 Å². The van der Waals surface area contributed by atoms with Gasteiger partial charge in [0.15, 0.2) is 0 Å². The molecule has 1 aliphatic heterocycles. The maximum absolute atomic E-state index is 12.3. The average Bonchev–Trinajstić information content (AvgIpc) is 2.85. The molecule has 1 fully saturated rings. The lowest BCUT2D eigenvalue weighted by molar-refractivity contribution is 0.215. The lowest BCUT2D eigenvalue weighted by Crippen LogP contribution is -2.37. The molecule has 1 aromatic heterocycles. The first-order chi connectivity index (χ1) is 10.8. The van der Waals surface area contributed by atoms with Gasteiger partial charge in [-0.05, 0) is 12.2 Å². The number of benzene rings is 1. The van der Waals surface area contributed by atoms with Crippen molar-refractivity contribution in [2.24, 2.45) is 0 Å². The maximum Gasteiger partial charge on any atom is 0.324 e. The number of hydrogen-bond donors (Lipinski definition) is 1. The molecular formula is C15H17N5OS. The molecule has 0 radical (unpaired) electrons. The van der Waals surface area contributed by atoms with Crippen LogP contribution in [0.4, 0.5) is 10.7 Å². The number of nitrogens with one attached hydrogen (secondary N) is 1. The third-order valence-electron chi connectivity index (χ3n) is 3.36. The summed E-state index contributed by atoms with van der Waals surface area (Å²) in [6.45, 7) is 1.52. The molecule has 0 bridgehead atoms. The highest BCUT2D eigenvalue weighted by Crippen LogP contribution is 2.16. The molecule has 0 aliphatic carbocycles. The highest BCUT2D eigenvalue weighted by atomic mass is 32.2. The fourth-order valence-electron chi connectivity index (χ4n) is 2.23. The van der Waals surface area contributed by atoms with E-state index in [1.165, 1.54) is 0 Å². The zero-order chi connectivity index (χ0) is 15.2. The van der Waals surface area contributed by atoms with E-state index in [0.717, 1.165) is 36.6 Å². The molecule has 2 heterocycles. The van der Waals surface area contributed by atoms with Crippen molar-refractivity contribution >= 4 is 23.7 Å². The summed E-state index contributed by atoms with van der Waals surface area (Å²) in [5.74, 6) is 2.31. The number of hydrogen-bond acceptors (Lipinski definition) is 5. The van der Waals surface area contributed by atoms with Crippen molar-refractivity contribution < 1.29 is 4.79 Å². The van der Waals surface area contributed by atoms with E-state index in [-0.39, 0.29) is 12.0 Å². The third kappa shape index (κ3) is 3.73. The zero-order valence-corrected chi connectivity index (χ0v) is 12.9. The summed E-state index contributed by atoms with van der Waals surface area (Å²) < 4.78 is 0. The molecule has 1 N–H and O–H groups in total. The zero-order valence-electron chi connectivity index (χ0n) is 12.1. The van der Waals surface area contributed by atoms with Crippen LogP contribution in [0.5, 0.6) is 0 Å². The Morgan fingerprint density at radius 3 is 2.91 bits per heavy atom. The van der Waals surface area contributed by atoms with Crippen LogP contribution in [0.2, 0.25) is 0 Å². The first kappa shape index (κ1) is 14.8. The molecule has 0 spiro atoms. The van der Waals surface area contributed by atoms with Crippen LogP contribution in [-0.2, 0) is 0 Å². The number of nitrogens with zero attached hydrogens (tertiary/aromatic N) is 4. The number of carbonyl (C=O) groups excluding carboxylic acids is 1. The van der Waals surface area contributed by atoms with Crippen LogP contribution in [0.3, 0.4) is 0 Å². The van der Waals surface area contributed by atoms with Gasteiger partial charge in [0.05, 0.1) is 11.9 Å². The van der Waals surface area contributed by atoms with E-state index in [1.54, 1.807) is 11.1 Å². The van der Waals surface area contributed by atoms with Gasteiger partial charge in [-0.15, -0.1) is 5.10 Å². The predicted molar refractivity (Wildman–Crippen MR) is 87.8 cm³/mol. The second-order valence-electron chi connectivity index (χ2n) is 4.91. The van der Waals surface area contributed by atoms with Crippen LogP contribution in [0.25, 0.3) is 11.3 Å². The van der Waals surface area contributed by atoms with Crippen LogP contribution >= 0.6 is 11.8 Å². The fraction of sp³-hybridized carbons (Fsp3) is 0.333. The largest absolute Gasteiger partial charge is 0.324 e. The van der Waals surface area contributed by atoms with E-state index in [0.29, 0.717) is 5.69 Å². The van der Waals surface area contributed by atoms with Gasteiger partial charge in [-0.2, -0.15) is 16.9 Å². The van der Waals surface area contributed by atoms with Gasteiger partial charge in [-0.3, -0.25) is 5.32 Å². The van der Waals surface area contributed by atoms with Crippen LogP contribution in [0, 0.1) is 0 Å². The molecule has 0 atom stereocenters. The Hall–Kier alpha value is -2.15. The molecule has 1 aliphatic rings. The monoisotopic (exact) mass is 315 g/mol. The summed E-state index contributed by atoms with van der Waals surface area (Å²) in [6.07, 6.45) is 2.61. The van der Waals surface area contributed by atoms with E-state index in [2.05, 4.69) is 20.5 Å². The Morgan fingerprint density at radius 1 is 1.18 bits per heavy atom. The topological polar surface area (TPSA) is 71.0 Å². The number of amides is 2. The summed E-state index contributed by atoms with van der Waals surface area (Å²) in [7, 11) is 0. The Balaban J connectivity index is 1.71. The van der Waals surface area contributed by atoms with Crippen molar-refractivity contribution in [1.82, 2.24) is 20.1 Å². The molecule has 114 valence electrons. The average molecular weight is 315 g/mol. The second-order valence-corrected chi connectivity index (χ2v) is 6.14. The highest BCUT2D eigenvalue weighted by Gasteiger charge is 2.17. The van der Waals surface area contributed by atoms with Crippen molar-refractivity contribution in [1.29, 1.82) is 0 Å². The van der Waals surface area contributed by atoms with Gasteiger partial charge in [-0.25, -0.2) is 9.78 Å². The molecule has 0 unspecified atom stereocenters. The minimum absolute atomic E-state index is 0.158. The maximum atomic E-state index is 12.3. The highest BCUT2D eigenvalue weighted by molar-refractivity contribution is 7.99. The van der Waals surface area contributed by atoms with Crippen molar-refractivity contribution in [2.75, 3.05) is 29.9 Å². The fourth-order valence-corrected chi connectivity index (χ4v) is 3.12. The summed E-state index contributed by atoms with van der Waals surface area (Å²) >= 11 is 1.88. The Bertz CT molecular complexity index is 629. The molecule has 2 aromatic rings. The molecule has 1 saturated heterocycles. The molecule has 1 aromatic carbocycles. The molecule has 2 amide bonds. The summed E-state index contributed by atoms with van der Waals surface area (Å²) in [5, 5.41) is 10.6. The minimum Gasteiger partial charge on any atom is -0.324 e. The van der Waals surface area contributed by atoms with Gasteiger partial charge in [0.25, 0.3) is 5.95 Å². The van der Waals surface area contributed by atoms with Crippen molar-refractivity contribution in [3.63, 3.8) is 0 Å². The molecule has 0 saturated carbocycles. The lowest BCUT2D eigenvalue weighted by atomic mass is 10.2. The number of urea groups is 1. The molecule has 7 heteroatoms. The summed E-state index contributed by atoms with van der Waals surface area (Å²) in [4.78, 5) is 18.4. The SMILES string of the molecule is O=C(Nc1nncc(-c2ccccc2)n1)N1CCCSCC1. The van der Waals surface area contributed by atoms with Crippen molar-refractivity contribution in [2.45, 2.75) is 6.42 Å². The van der Waals surface area contributed by atoms with E-state index in [9.17, 15) is 4.79 Å². The van der Waals surface area contributed by atoms with Gasteiger partial charge in [0.2, 0.25) is 0 Å². The van der Waals surface area contributed by atoms with Gasteiger partial charge in [0.1, 0.15) is 0 Å². The lowest BCUT2D eigenvalue weighted by Gasteiger charge is -2.19. The predicted octanol–water partition coefficient (Wildman–Crippen LogP) is 2.51. The summed E-state index contributed by atoms with van der Waals surface area (Å²) in [6, 6.07) is 9.55. The smallest absolute Gasteiger partial charge is 0.324 e. The first-order valence-corrected chi connectivity index (χ1v) is 8.37. The number of anilines is 1. The first-order valence-electron chi connectivity index (χ1n) is 7.22. The molecule has 6 nitrogen and oxygen atoms in total. The van der Waals surface area contributed by atoms with E-state index < -0.39 is 0 Å². The number of aromatic nitrogens is 3. The van der Waals surface area contributed by atoms with Crippen LogP contribution < -0.4 is 5.32 Å². The van der Waals surface area contributed by atoms with Gasteiger partial charge in [-0.1, -0.05) is 30.3 Å². The number of rotatable bonds is 2. The van der Waals surface area contributed by atoms with E-state index >= 15 is 0 Å². The van der Waals surface area contributed by atoms with Crippen LogP contribution in [0.1, 0.15) is 6.42 Å². The Labute approximate surface area is 133 Å². The standard InChI is InChI=1S/C15H17N5OS/c21-15(20-7-4-9-22-10-8-20)18-14-17-13(11-16-19-14)12-5-2-1-3-6-12/h1-3,5-6,11H,4,7-10H2,(H,17,18,19,21). The molecule has 22 heavy (non-hydrogen) atoms. The quantitative estimate of drug-likeness (QED) is 0.922. The van der Waals surface area contributed by atoms with Crippen molar-refractivity contribution in [3.05, 3.63) is 36.5 Å². The van der Waals surface area contributed by atoms with Gasteiger partial charge in [0, 0.05) is 24.4 Å². The normalized spacial score (nSPS) is 15.2. The number of carbonyl (C=O) groups is 1. The molecular weight excluding hydrogens is 298 g/mol. The van der Waals surface area contributed by atoms with Crippen molar-refractivity contribution in [3.8, 4) is 11.3 Å².